The third kappa shape index (κ3) is 3.34. The lowest BCUT2D eigenvalue weighted by atomic mass is 10.2. The van der Waals surface area contributed by atoms with Gasteiger partial charge in [-0.1, -0.05) is 35.2 Å². The third-order valence-electron chi connectivity index (χ3n) is 3.66. The van der Waals surface area contributed by atoms with Crippen molar-refractivity contribution in [2.45, 2.75) is 12.1 Å². The summed E-state index contributed by atoms with van der Waals surface area (Å²) in [5.41, 5.74) is 6.79. The third-order valence-corrected chi connectivity index (χ3v) is 5.42. The molecule has 0 fully saturated rings. The van der Waals surface area contributed by atoms with Crippen LogP contribution in [0.1, 0.15) is 5.01 Å². The number of aryl methyl sites for hydroxylation is 1. The highest BCUT2D eigenvalue weighted by atomic mass is 32.2. The summed E-state index contributed by atoms with van der Waals surface area (Å²) in [6, 6.07) is 7.56. The molecule has 0 radical (unpaired) electrons. The number of rotatable bonds is 5. The van der Waals surface area contributed by atoms with Crippen LogP contribution in [0.25, 0.3) is 27.3 Å². The highest BCUT2D eigenvalue weighted by Crippen LogP contribution is 2.30. The molecule has 0 unspecified atom stereocenters. The maximum atomic E-state index is 12.3. The van der Waals surface area contributed by atoms with Gasteiger partial charge < -0.3 is 10.7 Å². The van der Waals surface area contributed by atoms with E-state index in [1.54, 1.807) is 4.68 Å². The van der Waals surface area contributed by atoms with Gasteiger partial charge in [-0.3, -0.25) is 9.59 Å². The van der Waals surface area contributed by atoms with Gasteiger partial charge in [-0.15, -0.1) is 10.2 Å². The number of nitrogens with zero attached hydrogens (tertiary/aromatic N) is 5. The smallest absolute Gasteiger partial charge is 0.262 e. The predicted molar refractivity (Wildman–Crippen MR) is 103 cm³/mol. The number of aromatic amines is 1. The van der Waals surface area contributed by atoms with Crippen molar-refractivity contribution in [2.24, 2.45) is 5.73 Å². The lowest BCUT2D eigenvalue weighted by molar-refractivity contribution is -0.115. The first-order valence-electron chi connectivity index (χ1n) is 7.82. The largest absolute Gasteiger partial charge is 0.369 e. The standard InChI is InChI=1S/C16H13N7O2S2/c1-8-21-22-15(27-8)9-4-2-3-5-11(9)23-13-10(6-18-23)14(25)20-16(19-13)26-7-12(17)24/h2-6H,7H2,1H3,(H2,17,24)(H,19,20,25). The van der Waals surface area contributed by atoms with Crippen LogP contribution in [0.5, 0.6) is 0 Å². The number of para-hydroxylation sites is 1. The van der Waals surface area contributed by atoms with Gasteiger partial charge >= 0.3 is 0 Å². The van der Waals surface area contributed by atoms with E-state index in [1.807, 2.05) is 31.2 Å². The predicted octanol–water partition coefficient (Wildman–Crippen LogP) is 1.51. The molecule has 3 heterocycles. The van der Waals surface area contributed by atoms with Crippen molar-refractivity contribution in [1.29, 1.82) is 0 Å². The van der Waals surface area contributed by atoms with Crippen molar-refractivity contribution in [3.63, 3.8) is 0 Å². The lowest BCUT2D eigenvalue weighted by Gasteiger charge is -2.08. The van der Waals surface area contributed by atoms with Gasteiger partial charge in [0.25, 0.3) is 5.56 Å². The molecule has 0 atom stereocenters. The molecule has 0 aliphatic rings. The number of nitrogens with two attached hydrogens (primary N) is 1. The molecule has 1 aromatic carbocycles. The number of hydrogen-bond donors (Lipinski definition) is 2. The topological polar surface area (TPSA) is 132 Å². The number of primary amides is 1. The van der Waals surface area contributed by atoms with E-state index in [9.17, 15) is 9.59 Å². The number of hydrogen-bond acceptors (Lipinski definition) is 8. The molecule has 27 heavy (non-hydrogen) atoms. The van der Waals surface area contributed by atoms with Gasteiger partial charge in [-0.25, -0.2) is 9.67 Å². The Morgan fingerprint density at radius 1 is 1.33 bits per heavy atom. The number of fused-ring (bicyclic) bond motifs is 1. The number of thioether (sulfide) groups is 1. The molecule has 0 aliphatic heterocycles. The molecule has 0 aliphatic carbocycles. The Labute approximate surface area is 160 Å². The highest BCUT2D eigenvalue weighted by Gasteiger charge is 2.17. The highest BCUT2D eigenvalue weighted by molar-refractivity contribution is 7.99. The van der Waals surface area contributed by atoms with Crippen molar-refractivity contribution < 1.29 is 4.79 Å². The average Bonchev–Trinajstić information content (AvgIpc) is 3.26. The lowest BCUT2D eigenvalue weighted by Crippen LogP contribution is -2.15. The molecule has 3 aromatic heterocycles. The Kier molecular flexibility index (Phi) is 4.46. The first kappa shape index (κ1) is 17.4. The van der Waals surface area contributed by atoms with Gasteiger partial charge in [0.15, 0.2) is 10.8 Å². The van der Waals surface area contributed by atoms with Crippen molar-refractivity contribution in [2.75, 3.05) is 5.75 Å². The molecular weight excluding hydrogens is 386 g/mol. The Morgan fingerprint density at radius 2 is 2.15 bits per heavy atom. The molecule has 136 valence electrons. The molecule has 1 amide bonds. The number of benzene rings is 1. The second-order valence-electron chi connectivity index (χ2n) is 5.56. The number of carbonyl (C=O) groups excluding carboxylic acids is 1. The maximum absolute atomic E-state index is 12.3. The Hall–Kier alpha value is -3.05. The first-order valence-corrected chi connectivity index (χ1v) is 9.62. The fourth-order valence-corrected chi connectivity index (χ4v) is 3.85. The molecule has 0 saturated heterocycles. The maximum Gasteiger partial charge on any atom is 0.262 e. The van der Waals surface area contributed by atoms with Crippen LogP contribution in [-0.2, 0) is 4.79 Å². The molecular formula is C16H13N7O2S2. The fourth-order valence-electron chi connectivity index (χ4n) is 2.53. The van der Waals surface area contributed by atoms with E-state index in [0.29, 0.717) is 16.2 Å². The van der Waals surface area contributed by atoms with E-state index in [0.717, 1.165) is 33.0 Å². The van der Waals surface area contributed by atoms with Gasteiger partial charge in [0, 0.05) is 5.56 Å². The molecule has 11 heteroatoms. The van der Waals surface area contributed by atoms with E-state index >= 15 is 0 Å². The minimum Gasteiger partial charge on any atom is -0.369 e. The van der Waals surface area contributed by atoms with Crippen molar-refractivity contribution in [3.8, 4) is 16.3 Å². The number of nitrogens with one attached hydrogen (secondary N) is 1. The van der Waals surface area contributed by atoms with Gasteiger partial charge in [0.1, 0.15) is 15.4 Å². The van der Waals surface area contributed by atoms with E-state index in [-0.39, 0.29) is 11.3 Å². The van der Waals surface area contributed by atoms with Crippen LogP contribution >= 0.6 is 23.1 Å². The van der Waals surface area contributed by atoms with Crippen LogP contribution in [0.2, 0.25) is 0 Å². The molecule has 0 bridgehead atoms. The molecule has 0 spiro atoms. The van der Waals surface area contributed by atoms with E-state index in [4.69, 9.17) is 5.73 Å². The van der Waals surface area contributed by atoms with Crippen LogP contribution < -0.4 is 11.3 Å². The van der Waals surface area contributed by atoms with Crippen LogP contribution in [0.3, 0.4) is 0 Å². The van der Waals surface area contributed by atoms with E-state index in [2.05, 4.69) is 25.3 Å². The molecule has 0 saturated carbocycles. The van der Waals surface area contributed by atoms with E-state index in [1.165, 1.54) is 17.5 Å². The first-order chi connectivity index (χ1) is 13.0. The van der Waals surface area contributed by atoms with Gasteiger partial charge in [0.2, 0.25) is 5.91 Å². The van der Waals surface area contributed by atoms with Crippen molar-refractivity contribution in [3.05, 3.63) is 45.8 Å². The second-order valence-corrected chi connectivity index (χ2v) is 7.71. The minimum atomic E-state index is -0.492. The zero-order valence-electron chi connectivity index (χ0n) is 14.0. The summed E-state index contributed by atoms with van der Waals surface area (Å²) >= 11 is 2.53. The zero-order chi connectivity index (χ0) is 19.0. The average molecular weight is 399 g/mol. The Balaban J connectivity index is 1.88. The zero-order valence-corrected chi connectivity index (χ0v) is 15.7. The molecule has 3 N–H and O–H groups in total. The summed E-state index contributed by atoms with van der Waals surface area (Å²) in [6.45, 7) is 1.89. The van der Waals surface area contributed by atoms with Crippen LogP contribution in [-0.4, -0.2) is 41.6 Å². The summed E-state index contributed by atoms with van der Waals surface area (Å²) in [5.74, 6) is -0.475. The second kappa shape index (κ2) is 6.93. The number of amides is 1. The number of aromatic nitrogens is 6. The summed E-state index contributed by atoms with van der Waals surface area (Å²) in [5, 5.41) is 14.9. The quantitative estimate of drug-likeness (QED) is 0.384. The summed E-state index contributed by atoms with van der Waals surface area (Å²) in [7, 11) is 0. The molecule has 4 rings (SSSR count). The summed E-state index contributed by atoms with van der Waals surface area (Å²) in [4.78, 5) is 30.5. The van der Waals surface area contributed by atoms with Crippen LogP contribution in [0, 0.1) is 6.92 Å². The Morgan fingerprint density at radius 3 is 2.89 bits per heavy atom. The van der Waals surface area contributed by atoms with Crippen LogP contribution in [0.15, 0.2) is 40.4 Å². The fraction of sp³-hybridized carbons (Fsp3) is 0.125. The van der Waals surface area contributed by atoms with Crippen molar-refractivity contribution in [1.82, 2.24) is 29.9 Å². The summed E-state index contributed by atoms with van der Waals surface area (Å²) in [6.07, 6.45) is 1.46. The van der Waals surface area contributed by atoms with Crippen LogP contribution in [0.4, 0.5) is 0 Å². The minimum absolute atomic E-state index is 0.0171. The van der Waals surface area contributed by atoms with Gasteiger partial charge in [-0.05, 0) is 19.1 Å². The molecule has 4 aromatic rings. The van der Waals surface area contributed by atoms with Gasteiger partial charge in [-0.2, -0.15) is 5.10 Å². The summed E-state index contributed by atoms with van der Waals surface area (Å²) < 4.78 is 1.59. The molecule has 9 nitrogen and oxygen atoms in total. The Bertz CT molecular complexity index is 1210. The monoisotopic (exact) mass is 399 g/mol. The SMILES string of the molecule is Cc1nnc(-c2ccccc2-n2ncc3c(=O)[nH]c(SCC(N)=O)nc32)s1. The number of H-pyrrole nitrogens is 1. The van der Waals surface area contributed by atoms with E-state index < -0.39 is 5.91 Å². The number of carbonyl (C=O) groups is 1. The van der Waals surface area contributed by atoms with Crippen molar-refractivity contribution >= 4 is 40.0 Å². The normalized spacial score (nSPS) is 11.1. The van der Waals surface area contributed by atoms with Gasteiger partial charge in [0.05, 0.1) is 17.6 Å².